The Balaban J connectivity index is 2.05. The number of nitrogens with one attached hydrogen (secondary N) is 1. The largest absolute Gasteiger partial charge is 0.289 e. The molecule has 3 aromatic rings. The lowest BCUT2D eigenvalue weighted by Gasteiger charge is -2.16. The average molecular weight is 344 g/mol. The fourth-order valence-corrected chi connectivity index (χ4v) is 3.59. The van der Waals surface area contributed by atoms with Crippen molar-refractivity contribution < 1.29 is 10.0 Å². The Hall–Kier alpha value is -2.14. The summed E-state index contributed by atoms with van der Waals surface area (Å²) in [4.78, 5) is 13.2. The second-order valence-electron chi connectivity index (χ2n) is 5.05. The van der Waals surface area contributed by atoms with Crippen LogP contribution in [0.2, 0.25) is 4.34 Å². The van der Waals surface area contributed by atoms with Crippen molar-refractivity contribution in [1.29, 1.82) is 0 Å². The summed E-state index contributed by atoms with van der Waals surface area (Å²) in [5, 5.41) is 9.10. The maximum Gasteiger partial charge on any atom is 0.255 e. The minimum Gasteiger partial charge on any atom is -0.289 e. The van der Waals surface area contributed by atoms with Crippen LogP contribution in [-0.2, 0) is 4.79 Å². The van der Waals surface area contributed by atoms with Crippen molar-refractivity contribution in [3.05, 3.63) is 82.2 Å². The summed E-state index contributed by atoms with van der Waals surface area (Å²) in [5.74, 6) is -1.03. The lowest BCUT2D eigenvalue weighted by molar-refractivity contribution is -0.129. The molecule has 3 nitrogen and oxygen atoms in total. The molecule has 0 fully saturated rings. The van der Waals surface area contributed by atoms with E-state index in [2.05, 4.69) is 0 Å². The first-order valence-corrected chi connectivity index (χ1v) is 8.23. The Morgan fingerprint density at radius 3 is 2.39 bits per heavy atom. The lowest BCUT2D eigenvalue weighted by atomic mass is 9.89. The van der Waals surface area contributed by atoms with E-state index in [1.807, 2.05) is 66.7 Å². The molecule has 1 heterocycles. The maximum atomic E-state index is 12.2. The topological polar surface area (TPSA) is 49.3 Å². The van der Waals surface area contributed by atoms with Crippen LogP contribution in [0.15, 0.2) is 66.7 Å². The molecule has 3 rings (SSSR count). The summed E-state index contributed by atoms with van der Waals surface area (Å²) in [5.41, 5.74) is 4.39. The first kappa shape index (κ1) is 15.7. The Morgan fingerprint density at radius 2 is 1.74 bits per heavy atom. The number of halogens is 1. The van der Waals surface area contributed by atoms with Crippen LogP contribution < -0.4 is 5.48 Å². The molecule has 23 heavy (non-hydrogen) atoms. The van der Waals surface area contributed by atoms with Crippen LogP contribution in [-0.4, -0.2) is 11.1 Å². The van der Waals surface area contributed by atoms with Crippen molar-refractivity contribution in [3.63, 3.8) is 0 Å². The molecule has 0 saturated heterocycles. The molecule has 2 N–H and O–H groups in total. The van der Waals surface area contributed by atoms with Gasteiger partial charge in [0.1, 0.15) is 0 Å². The molecule has 1 amide bonds. The zero-order chi connectivity index (χ0) is 16.2. The molecule has 0 aliphatic rings. The number of rotatable bonds is 4. The molecule has 0 spiro atoms. The van der Waals surface area contributed by atoms with E-state index >= 15 is 0 Å². The highest BCUT2D eigenvalue weighted by atomic mass is 35.5. The Bertz CT molecular complexity index is 817. The van der Waals surface area contributed by atoms with Crippen molar-refractivity contribution in [2.24, 2.45) is 0 Å². The second kappa shape index (κ2) is 6.96. The summed E-state index contributed by atoms with van der Waals surface area (Å²) in [6.45, 7) is 0. The number of thiophene rings is 1. The molecular weight excluding hydrogens is 330 g/mol. The first-order chi connectivity index (χ1) is 11.2. The predicted molar refractivity (Wildman–Crippen MR) is 93.0 cm³/mol. The number of carbonyl (C=O) groups excluding carboxylic acids is 1. The Labute approximate surface area is 143 Å². The van der Waals surface area contributed by atoms with Gasteiger partial charge in [0.25, 0.3) is 5.91 Å². The van der Waals surface area contributed by atoms with E-state index < -0.39 is 11.8 Å². The molecule has 116 valence electrons. The van der Waals surface area contributed by atoms with Crippen molar-refractivity contribution in [3.8, 4) is 10.4 Å². The third-order valence-electron chi connectivity index (χ3n) is 3.58. The highest BCUT2D eigenvalue weighted by Crippen LogP contribution is 2.33. The average Bonchev–Trinajstić information content (AvgIpc) is 3.03. The molecule has 0 bridgehead atoms. The summed E-state index contributed by atoms with van der Waals surface area (Å²) in [6.07, 6.45) is 0. The van der Waals surface area contributed by atoms with Gasteiger partial charge in [0, 0.05) is 4.88 Å². The molecule has 5 heteroatoms. The number of hydrogen-bond donors (Lipinski definition) is 2. The number of carbonyl (C=O) groups is 1. The molecule has 2 aromatic carbocycles. The third-order valence-corrected chi connectivity index (χ3v) is 4.86. The van der Waals surface area contributed by atoms with E-state index in [-0.39, 0.29) is 0 Å². The van der Waals surface area contributed by atoms with Crippen LogP contribution in [0.4, 0.5) is 0 Å². The van der Waals surface area contributed by atoms with E-state index in [0.717, 1.165) is 25.9 Å². The predicted octanol–water partition coefficient (Wildman–Crippen LogP) is 4.71. The zero-order valence-electron chi connectivity index (χ0n) is 12.1. The summed E-state index contributed by atoms with van der Waals surface area (Å²) >= 11 is 7.49. The number of hydrogen-bond acceptors (Lipinski definition) is 3. The fourth-order valence-electron chi connectivity index (χ4n) is 2.55. The van der Waals surface area contributed by atoms with E-state index in [4.69, 9.17) is 16.8 Å². The Kier molecular flexibility index (Phi) is 4.76. The number of amides is 1. The summed E-state index contributed by atoms with van der Waals surface area (Å²) in [7, 11) is 0. The number of hydroxylamine groups is 1. The van der Waals surface area contributed by atoms with Gasteiger partial charge in [-0.1, -0.05) is 60.1 Å². The van der Waals surface area contributed by atoms with Crippen molar-refractivity contribution in [2.45, 2.75) is 5.92 Å². The monoisotopic (exact) mass is 343 g/mol. The lowest BCUT2D eigenvalue weighted by Crippen LogP contribution is -2.27. The second-order valence-corrected chi connectivity index (χ2v) is 6.76. The van der Waals surface area contributed by atoms with E-state index in [1.54, 1.807) is 5.48 Å². The van der Waals surface area contributed by atoms with Gasteiger partial charge in [-0.25, -0.2) is 5.48 Å². The van der Waals surface area contributed by atoms with Crippen molar-refractivity contribution in [2.75, 3.05) is 0 Å². The van der Waals surface area contributed by atoms with E-state index in [0.29, 0.717) is 0 Å². The Morgan fingerprint density at radius 1 is 1.00 bits per heavy atom. The standard InChI is InChI=1S/C18H14ClNO2S/c19-16-10-9-15(23-16)13-7-4-8-14(11-13)17(18(21)20-22)12-5-2-1-3-6-12/h1-11,17,22H,(H,20,21). The van der Waals surface area contributed by atoms with Crippen LogP contribution >= 0.6 is 22.9 Å². The minimum absolute atomic E-state index is 0.461. The van der Waals surface area contributed by atoms with Crippen molar-refractivity contribution >= 4 is 28.8 Å². The normalized spacial score (nSPS) is 11.9. The summed E-state index contributed by atoms with van der Waals surface area (Å²) < 4.78 is 0.720. The van der Waals surface area contributed by atoms with Crippen LogP contribution in [0.3, 0.4) is 0 Å². The van der Waals surface area contributed by atoms with Crippen LogP contribution in [0.5, 0.6) is 0 Å². The van der Waals surface area contributed by atoms with Gasteiger partial charge in [0.2, 0.25) is 0 Å². The molecule has 0 saturated carbocycles. The molecule has 1 atom stereocenters. The smallest absolute Gasteiger partial charge is 0.255 e. The highest BCUT2D eigenvalue weighted by Gasteiger charge is 2.22. The highest BCUT2D eigenvalue weighted by molar-refractivity contribution is 7.19. The minimum atomic E-state index is -0.573. The van der Waals surface area contributed by atoms with Gasteiger partial charge in [-0.3, -0.25) is 10.0 Å². The van der Waals surface area contributed by atoms with Gasteiger partial charge in [-0.15, -0.1) is 11.3 Å². The van der Waals surface area contributed by atoms with Gasteiger partial charge < -0.3 is 0 Å². The molecular formula is C18H14ClNO2S. The van der Waals surface area contributed by atoms with Crippen LogP contribution in [0.1, 0.15) is 17.0 Å². The SMILES string of the molecule is O=C(NO)C(c1ccccc1)c1cccc(-c2ccc(Cl)s2)c1. The molecule has 1 aromatic heterocycles. The number of benzene rings is 2. The molecule has 0 radical (unpaired) electrons. The summed E-state index contributed by atoms with van der Waals surface area (Å²) in [6, 6.07) is 20.9. The van der Waals surface area contributed by atoms with Gasteiger partial charge in [-0.05, 0) is 34.9 Å². The first-order valence-electron chi connectivity index (χ1n) is 7.03. The van der Waals surface area contributed by atoms with E-state index in [9.17, 15) is 4.79 Å². The maximum absolute atomic E-state index is 12.2. The fraction of sp³-hybridized carbons (Fsp3) is 0.0556. The van der Waals surface area contributed by atoms with Gasteiger partial charge in [0.05, 0.1) is 10.3 Å². The van der Waals surface area contributed by atoms with Gasteiger partial charge >= 0.3 is 0 Å². The van der Waals surface area contributed by atoms with Gasteiger partial charge in [-0.2, -0.15) is 0 Å². The van der Waals surface area contributed by atoms with Crippen LogP contribution in [0, 0.1) is 0 Å². The molecule has 0 aliphatic carbocycles. The van der Waals surface area contributed by atoms with Crippen molar-refractivity contribution in [1.82, 2.24) is 5.48 Å². The van der Waals surface area contributed by atoms with Gasteiger partial charge in [0.15, 0.2) is 0 Å². The third kappa shape index (κ3) is 3.45. The zero-order valence-corrected chi connectivity index (χ0v) is 13.6. The van der Waals surface area contributed by atoms with Crippen LogP contribution in [0.25, 0.3) is 10.4 Å². The molecule has 0 aliphatic heterocycles. The van der Waals surface area contributed by atoms with E-state index in [1.165, 1.54) is 11.3 Å². The quantitative estimate of drug-likeness (QED) is 0.532. The molecule has 1 unspecified atom stereocenters.